The molecule has 2 heteroatoms. The number of hydrogen-bond donors (Lipinski definition) is 0. The van der Waals surface area contributed by atoms with Gasteiger partial charge in [-0.25, -0.2) is 0 Å². The summed E-state index contributed by atoms with van der Waals surface area (Å²) in [6.45, 7) is 4.75. The van der Waals surface area contributed by atoms with Gasteiger partial charge in [-0.2, -0.15) is 0 Å². The average Bonchev–Trinajstić information content (AvgIpc) is 2.27. The Morgan fingerprint density at radius 1 is 1.00 bits per heavy atom. The zero-order valence-corrected chi connectivity index (χ0v) is 11.6. The van der Waals surface area contributed by atoms with Crippen LogP contribution in [0, 0.1) is 13.8 Å². The smallest absolute Gasteiger partial charge is 0.120 e. The summed E-state index contributed by atoms with van der Waals surface area (Å²) in [5.74, 6) is 0.929. The molecule has 0 aromatic heterocycles. The lowest BCUT2D eigenvalue weighted by Gasteiger charge is -2.09. The van der Waals surface area contributed by atoms with E-state index in [4.69, 9.17) is 4.74 Å². The summed E-state index contributed by atoms with van der Waals surface area (Å²) in [7, 11) is 0. The van der Waals surface area contributed by atoms with Gasteiger partial charge in [0.25, 0.3) is 0 Å². The predicted octanol–water partition coefficient (Wildman–Crippen LogP) is 4.64. The maximum Gasteiger partial charge on any atom is 0.120 e. The van der Waals surface area contributed by atoms with E-state index in [1.165, 1.54) is 11.1 Å². The summed E-state index contributed by atoms with van der Waals surface area (Å²) in [6, 6.07) is 14.4. The molecule has 0 saturated carbocycles. The van der Waals surface area contributed by atoms with Gasteiger partial charge in [0.1, 0.15) is 12.4 Å². The Labute approximate surface area is 111 Å². The van der Waals surface area contributed by atoms with Crippen molar-refractivity contribution in [2.75, 3.05) is 0 Å². The maximum absolute atomic E-state index is 5.80. The molecule has 0 atom stereocenters. The molecule has 0 amide bonds. The second kappa shape index (κ2) is 5.37. The van der Waals surface area contributed by atoms with Gasteiger partial charge in [-0.15, -0.1) is 0 Å². The van der Waals surface area contributed by atoms with Gasteiger partial charge < -0.3 is 4.74 Å². The van der Waals surface area contributed by atoms with Crippen LogP contribution in [0.2, 0.25) is 0 Å². The zero-order valence-electron chi connectivity index (χ0n) is 10.0. The van der Waals surface area contributed by atoms with Crippen molar-refractivity contribution in [3.8, 4) is 5.75 Å². The summed E-state index contributed by atoms with van der Waals surface area (Å²) < 4.78 is 6.89. The topological polar surface area (TPSA) is 9.23 Å². The van der Waals surface area contributed by atoms with E-state index < -0.39 is 0 Å². The Hall–Kier alpha value is -1.28. The molecule has 0 radical (unpaired) electrons. The van der Waals surface area contributed by atoms with Crippen LogP contribution in [-0.4, -0.2) is 0 Å². The number of aryl methyl sites for hydroxylation is 2. The van der Waals surface area contributed by atoms with E-state index in [9.17, 15) is 0 Å². The van der Waals surface area contributed by atoms with E-state index in [1.54, 1.807) is 0 Å². The number of halogens is 1. The quantitative estimate of drug-likeness (QED) is 0.800. The third-order valence-corrected chi connectivity index (χ3v) is 3.32. The predicted molar refractivity (Wildman–Crippen MR) is 74.4 cm³/mol. The lowest BCUT2D eigenvalue weighted by Crippen LogP contribution is -1.96. The summed E-state index contributed by atoms with van der Waals surface area (Å²) in [4.78, 5) is 0. The van der Waals surface area contributed by atoms with E-state index in [2.05, 4.69) is 54.0 Å². The van der Waals surface area contributed by atoms with Gasteiger partial charge in [0.05, 0.1) is 0 Å². The van der Waals surface area contributed by atoms with Crippen molar-refractivity contribution in [3.05, 3.63) is 63.6 Å². The van der Waals surface area contributed by atoms with Crippen LogP contribution in [0.5, 0.6) is 5.75 Å². The highest BCUT2D eigenvalue weighted by Crippen LogP contribution is 2.20. The van der Waals surface area contributed by atoms with Crippen LogP contribution in [-0.2, 0) is 6.61 Å². The van der Waals surface area contributed by atoms with Gasteiger partial charge in [-0.3, -0.25) is 0 Å². The highest BCUT2D eigenvalue weighted by atomic mass is 79.9. The lowest BCUT2D eigenvalue weighted by atomic mass is 10.1. The fraction of sp³-hybridized carbons (Fsp3) is 0.200. The van der Waals surface area contributed by atoms with E-state index in [-0.39, 0.29) is 0 Å². The molecule has 0 heterocycles. The molecule has 2 rings (SSSR count). The van der Waals surface area contributed by atoms with Crippen LogP contribution in [0.1, 0.15) is 16.7 Å². The second-order valence-corrected chi connectivity index (χ2v) is 5.06. The van der Waals surface area contributed by atoms with Gasteiger partial charge in [0.2, 0.25) is 0 Å². The second-order valence-electron chi connectivity index (χ2n) is 4.20. The molecule has 1 nitrogen and oxygen atoms in total. The first-order valence-corrected chi connectivity index (χ1v) is 6.39. The molecular weight excluding hydrogens is 276 g/mol. The third-order valence-electron chi connectivity index (χ3n) is 2.55. The molecular formula is C15H15BrO. The fourth-order valence-electron chi connectivity index (χ4n) is 1.79. The largest absolute Gasteiger partial charge is 0.489 e. The highest BCUT2D eigenvalue weighted by Gasteiger charge is 2.01. The summed E-state index contributed by atoms with van der Waals surface area (Å²) in [5, 5.41) is 0. The Morgan fingerprint density at radius 3 is 2.29 bits per heavy atom. The monoisotopic (exact) mass is 290 g/mol. The molecule has 2 aromatic carbocycles. The normalized spacial score (nSPS) is 10.3. The summed E-state index contributed by atoms with van der Waals surface area (Å²) in [5.41, 5.74) is 3.62. The van der Waals surface area contributed by atoms with E-state index in [0.717, 1.165) is 15.8 Å². The summed E-state index contributed by atoms with van der Waals surface area (Å²) >= 11 is 3.52. The fourth-order valence-corrected chi connectivity index (χ4v) is 2.19. The van der Waals surface area contributed by atoms with Gasteiger partial charge in [0, 0.05) is 10.0 Å². The molecule has 0 fully saturated rings. The van der Waals surface area contributed by atoms with Gasteiger partial charge in [-0.05, 0) is 43.2 Å². The van der Waals surface area contributed by atoms with E-state index in [0.29, 0.717) is 6.61 Å². The number of benzene rings is 2. The molecule has 0 aliphatic rings. The van der Waals surface area contributed by atoms with Crippen LogP contribution < -0.4 is 4.74 Å². The Morgan fingerprint density at radius 2 is 1.65 bits per heavy atom. The minimum Gasteiger partial charge on any atom is -0.489 e. The van der Waals surface area contributed by atoms with Gasteiger partial charge in [0.15, 0.2) is 0 Å². The first kappa shape index (κ1) is 12.2. The molecule has 17 heavy (non-hydrogen) atoms. The number of hydrogen-bond acceptors (Lipinski definition) is 1. The van der Waals surface area contributed by atoms with Crippen LogP contribution >= 0.6 is 15.9 Å². The molecule has 0 N–H and O–H groups in total. The van der Waals surface area contributed by atoms with Crippen molar-refractivity contribution in [2.24, 2.45) is 0 Å². The summed E-state index contributed by atoms with van der Waals surface area (Å²) in [6.07, 6.45) is 0. The molecule has 0 aliphatic heterocycles. The minimum absolute atomic E-state index is 0.588. The van der Waals surface area contributed by atoms with Crippen molar-refractivity contribution < 1.29 is 4.74 Å². The zero-order chi connectivity index (χ0) is 12.3. The molecule has 0 aliphatic carbocycles. The first-order chi connectivity index (χ1) is 8.15. The van der Waals surface area contributed by atoms with Crippen molar-refractivity contribution >= 4 is 15.9 Å². The average molecular weight is 291 g/mol. The first-order valence-electron chi connectivity index (χ1n) is 5.59. The van der Waals surface area contributed by atoms with Crippen LogP contribution in [0.25, 0.3) is 0 Å². The number of ether oxygens (including phenoxy) is 1. The molecule has 0 bridgehead atoms. The lowest BCUT2D eigenvalue weighted by molar-refractivity contribution is 0.305. The van der Waals surface area contributed by atoms with Gasteiger partial charge >= 0.3 is 0 Å². The standard InChI is InChI=1S/C15H15BrO/c1-11-7-12(2)9-14(8-11)17-10-13-5-3-4-6-15(13)16/h3-9H,10H2,1-2H3. The minimum atomic E-state index is 0.588. The van der Waals surface area contributed by atoms with Crippen LogP contribution in [0.3, 0.4) is 0 Å². The Balaban J connectivity index is 2.10. The number of rotatable bonds is 3. The van der Waals surface area contributed by atoms with Crippen molar-refractivity contribution in [1.29, 1.82) is 0 Å². The van der Waals surface area contributed by atoms with Crippen molar-refractivity contribution in [3.63, 3.8) is 0 Å². The third kappa shape index (κ3) is 3.34. The molecule has 0 saturated heterocycles. The Kier molecular flexibility index (Phi) is 3.85. The van der Waals surface area contributed by atoms with E-state index in [1.807, 2.05) is 18.2 Å². The molecule has 2 aromatic rings. The van der Waals surface area contributed by atoms with Crippen molar-refractivity contribution in [1.82, 2.24) is 0 Å². The van der Waals surface area contributed by atoms with Crippen molar-refractivity contribution in [2.45, 2.75) is 20.5 Å². The maximum atomic E-state index is 5.80. The van der Waals surface area contributed by atoms with E-state index >= 15 is 0 Å². The molecule has 0 spiro atoms. The SMILES string of the molecule is Cc1cc(C)cc(OCc2ccccc2Br)c1. The Bertz CT molecular complexity index is 500. The van der Waals surface area contributed by atoms with Crippen LogP contribution in [0.15, 0.2) is 46.9 Å². The molecule has 0 unspecified atom stereocenters. The van der Waals surface area contributed by atoms with Crippen LogP contribution in [0.4, 0.5) is 0 Å². The van der Waals surface area contributed by atoms with Gasteiger partial charge in [-0.1, -0.05) is 40.2 Å². The highest BCUT2D eigenvalue weighted by molar-refractivity contribution is 9.10. The molecule has 88 valence electrons.